The monoisotopic (exact) mass is 371 g/mol. The molecule has 26 heavy (non-hydrogen) atoms. The normalized spacial score (nSPS) is 10.4. The minimum absolute atomic E-state index is 0.355. The third-order valence-electron chi connectivity index (χ3n) is 3.45. The van der Waals surface area contributed by atoms with E-state index in [0.717, 1.165) is 23.4 Å². The maximum Gasteiger partial charge on any atom is 0.325 e. The van der Waals surface area contributed by atoms with Crippen molar-refractivity contribution in [2.75, 3.05) is 17.2 Å². The highest BCUT2D eigenvalue weighted by atomic mass is 32.1. The van der Waals surface area contributed by atoms with Gasteiger partial charge in [-0.25, -0.2) is 14.2 Å². The first-order valence-electron chi connectivity index (χ1n) is 8.16. The standard InChI is InChI=1S/C19H18FN3O2S/c1-2-11-25-16-9-3-13(4-10-16)17-12-26-19(22-17)23-18(24)21-15-7-5-14(20)6-8-15/h3-10,12H,2,11H2,1H3,(H2,21,22,23,24). The second kappa shape index (κ2) is 8.44. The number of anilines is 2. The molecular formula is C19H18FN3O2S. The fourth-order valence-corrected chi connectivity index (χ4v) is 2.91. The third-order valence-corrected chi connectivity index (χ3v) is 4.21. The molecule has 2 N–H and O–H groups in total. The van der Waals surface area contributed by atoms with Crippen LogP contribution in [0.1, 0.15) is 13.3 Å². The number of halogens is 1. The van der Waals surface area contributed by atoms with Crippen LogP contribution in [0, 0.1) is 5.82 Å². The van der Waals surface area contributed by atoms with Crippen molar-refractivity contribution in [1.29, 1.82) is 0 Å². The van der Waals surface area contributed by atoms with Gasteiger partial charge in [0.15, 0.2) is 5.13 Å². The van der Waals surface area contributed by atoms with Crippen LogP contribution in [0.4, 0.5) is 20.0 Å². The number of benzene rings is 2. The van der Waals surface area contributed by atoms with E-state index in [1.165, 1.54) is 35.6 Å². The SMILES string of the molecule is CCCOc1ccc(-c2csc(NC(=O)Nc3ccc(F)cc3)n2)cc1. The number of carbonyl (C=O) groups is 1. The summed E-state index contributed by atoms with van der Waals surface area (Å²) in [4.78, 5) is 16.4. The van der Waals surface area contributed by atoms with Crippen molar-refractivity contribution in [2.24, 2.45) is 0 Å². The van der Waals surface area contributed by atoms with Gasteiger partial charge in [0.25, 0.3) is 0 Å². The van der Waals surface area contributed by atoms with Crippen LogP contribution in [-0.2, 0) is 0 Å². The molecule has 0 aliphatic carbocycles. The highest BCUT2D eigenvalue weighted by Gasteiger charge is 2.08. The smallest absolute Gasteiger partial charge is 0.325 e. The van der Waals surface area contributed by atoms with Crippen molar-refractivity contribution in [1.82, 2.24) is 4.98 Å². The molecule has 2 aromatic carbocycles. The van der Waals surface area contributed by atoms with Gasteiger partial charge in [0.1, 0.15) is 11.6 Å². The summed E-state index contributed by atoms with van der Waals surface area (Å²) >= 11 is 1.33. The minimum atomic E-state index is -0.430. The van der Waals surface area contributed by atoms with Crippen molar-refractivity contribution >= 4 is 28.2 Å². The summed E-state index contributed by atoms with van der Waals surface area (Å²) in [7, 11) is 0. The zero-order valence-electron chi connectivity index (χ0n) is 14.2. The van der Waals surface area contributed by atoms with Crippen molar-refractivity contribution < 1.29 is 13.9 Å². The average molecular weight is 371 g/mol. The Hall–Kier alpha value is -2.93. The molecule has 0 bridgehead atoms. The van der Waals surface area contributed by atoms with E-state index in [1.807, 2.05) is 29.6 Å². The fourth-order valence-electron chi connectivity index (χ4n) is 2.20. The van der Waals surface area contributed by atoms with Gasteiger partial charge < -0.3 is 10.1 Å². The Morgan fingerprint density at radius 2 is 1.85 bits per heavy atom. The lowest BCUT2D eigenvalue weighted by atomic mass is 10.2. The molecule has 134 valence electrons. The zero-order valence-corrected chi connectivity index (χ0v) is 15.0. The van der Waals surface area contributed by atoms with Gasteiger partial charge in [-0.1, -0.05) is 6.92 Å². The van der Waals surface area contributed by atoms with Crippen LogP contribution in [0.2, 0.25) is 0 Å². The molecule has 0 radical (unpaired) electrons. The van der Waals surface area contributed by atoms with Crippen LogP contribution in [0.25, 0.3) is 11.3 Å². The molecule has 0 fully saturated rings. The topological polar surface area (TPSA) is 63.2 Å². The van der Waals surface area contributed by atoms with Crippen molar-refractivity contribution in [3.63, 3.8) is 0 Å². The van der Waals surface area contributed by atoms with Crippen LogP contribution in [-0.4, -0.2) is 17.6 Å². The molecule has 2 amide bonds. The summed E-state index contributed by atoms with van der Waals surface area (Å²) in [5.41, 5.74) is 2.22. The van der Waals surface area contributed by atoms with E-state index in [9.17, 15) is 9.18 Å². The molecule has 0 unspecified atom stereocenters. The highest BCUT2D eigenvalue weighted by Crippen LogP contribution is 2.26. The number of hydrogen-bond acceptors (Lipinski definition) is 4. The number of aromatic nitrogens is 1. The molecule has 7 heteroatoms. The fraction of sp³-hybridized carbons (Fsp3) is 0.158. The van der Waals surface area contributed by atoms with Gasteiger partial charge in [-0.2, -0.15) is 0 Å². The van der Waals surface area contributed by atoms with Crippen molar-refractivity contribution in [3.8, 4) is 17.0 Å². The molecule has 0 aliphatic heterocycles. The van der Waals surface area contributed by atoms with Crippen LogP contribution < -0.4 is 15.4 Å². The number of carbonyl (C=O) groups excluding carboxylic acids is 1. The average Bonchev–Trinajstić information content (AvgIpc) is 3.10. The van der Waals surface area contributed by atoms with Gasteiger partial charge in [0, 0.05) is 16.6 Å². The Morgan fingerprint density at radius 1 is 1.12 bits per heavy atom. The van der Waals surface area contributed by atoms with E-state index in [1.54, 1.807) is 0 Å². The first-order chi connectivity index (χ1) is 12.6. The predicted octanol–water partition coefficient (Wildman–Crippen LogP) is 5.38. The maximum absolute atomic E-state index is 12.9. The summed E-state index contributed by atoms with van der Waals surface area (Å²) in [5, 5.41) is 7.65. The molecule has 0 atom stereocenters. The molecule has 3 rings (SSSR count). The molecule has 0 saturated heterocycles. The van der Waals surface area contributed by atoms with Gasteiger partial charge in [0.05, 0.1) is 12.3 Å². The lowest BCUT2D eigenvalue weighted by molar-refractivity contribution is 0.262. The molecule has 1 aromatic heterocycles. The number of urea groups is 1. The van der Waals surface area contributed by atoms with Gasteiger partial charge in [-0.3, -0.25) is 5.32 Å². The summed E-state index contributed by atoms with van der Waals surface area (Å²) in [6.07, 6.45) is 0.961. The number of nitrogens with one attached hydrogen (secondary N) is 2. The van der Waals surface area contributed by atoms with E-state index >= 15 is 0 Å². The van der Waals surface area contributed by atoms with Crippen LogP contribution in [0.15, 0.2) is 53.9 Å². The second-order valence-electron chi connectivity index (χ2n) is 5.50. The van der Waals surface area contributed by atoms with Gasteiger partial charge >= 0.3 is 6.03 Å². The zero-order chi connectivity index (χ0) is 18.4. The number of nitrogens with zero attached hydrogens (tertiary/aromatic N) is 1. The minimum Gasteiger partial charge on any atom is -0.494 e. The predicted molar refractivity (Wildman–Crippen MR) is 102 cm³/mol. The Kier molecular flexibility index (Phi) is 5.80. The quantitative estimate of drug-likeness (QED) is 0.611. The number of amides is 2. The first kappa shape index (κ1) is 17.9. The van der Waals surface area contributed by atoms with Gasteiger partial charge in [-0.05, 0) is 55.0 Å². The highest BCUT2D eigenvalue weighted by molar-refractivity contribution is 7.14. The van der Waals surface area contributed by atoms with Crippen molar-refractivity contribution in [3.05, 3.63) is 59.7 Å². The van der Waals surface area contributed by atoms with E-state index < -0.39 is 6.03 Å². The Bertz CT molecular complexity index is 863. The van der Waals surface area contributed by atoms with E-state index in [4.69, 9.17) is 4.74 Å². The molecule has 5 nitrogen and oxygen atoms in total. The summed E-state index contributed by atoms with van der Waals surface area (Å²) in [5.74, 6) is 0.467. The molecule has 0 spiro atoms. The molecule has 1 heterocycles. The lowest BCUT2D eigenvalue weighted by Crippen LogP contribution is -2.19. The van der Waals surface area contributed by atoms with Crippen molar-refractivity contribution in [2.45, 2.75) is 13.3 Å². The molecule has 0 saturated carbocycles. The Morgan fingerprint density at radius 3 is 2.54 bits per heavy atom. The first-order valence-corrected chi connectivity index (χ1v) is 9.04. The summed E-state index contributed by atoms with van der Waals surface area (Å²) < 4.78 is 18.4. The number of hydrogen-bond donors (Lipinski definition) is 2. The van der Waals surface area contributed by atoms with Crippen LogP contribution in [0.3, 0.4) is 0 Å². The summed E-state index contributed by atoms with van der Waals surface area (Å²) in [6, 6.07) is 12.8. The lowest BCUT2D eigenvalue weighted by Gasteiger charge is -2.05. The third kappa shape index (κ3) is 4.80. The second-order valence-corrected chi connectivity index (χ2v) is 6.35. The van der Waals surface area contributed by atoms with Crippen LogP contribution in [0.5, 0.6) is 5.75 Å². The Labute approximate surface area is 154 Å². The van der Waals surface area contributed by atoms with E-state index in [0.29, 0.717) is 17.4 Å². The number of ether oxygens (including phenoxy) is 1. The Balaban J connectivity index is 1.60. The molecular weight excluding hydrogens is 353 g/mol. The maximum atomic E-state index is 12.9. The largest absolute Gasteiger partial charge is 0.494 e. The number of rotatable bonds is 6. The molecule has 0 aliphatic rings. The van der Waals surface area contributed by atoms with Gasteiger partial charge in [-0.15, -0.1) is 11.3 Å². The van der Waals surface area contributed by atoms with E-state index in [2.05, 4.69) is 22.5 Å². The van der Waals surface area contributed by atoms with Crippen LogP contribution >= 0.6 is 11.3 Å². The summed E-state index contributed by atoms with van der Waals surface area (Å²) in [6.45, 7) is 2.75. The number of thiazole rings is 1. The van der Waals surface area contributed by atoms with Gasteiger partial charge in [0.2, 0.25) is 0 Å². The van der Waals surface area contributed by atoms with E-state index in [-0.39, 0.29) is 5.82 Å². The molecule has 3 aromatic rings.